The van der Waals surface area contributed by atoms with E-state index in [0.29, 0.717) is 5.82 Å². The van der Waals surface area contributed by atoms with Crippen LogP contribution in [0.15, 0.2) is 36.8 Å². The largest absolute Gasteiger partial charge is 0.314 e. The highest BCUT2D eigenvalue weighted by molar-refractivity contribution is 5.51. The number of aromatic nitrogens is 6. The fourth-order valence-electron chi connectivity index (χ4n) is 3.05. The van der Waals surface area contributed by atoms with Crippen LogP contribution < -0.4 is 5.32 Å². The molecule has 0 aliphatic carbocycles. The summed E-state index contributed by atoms with van der Waals surface area (Å²) < 4.78 is 3.68. The molecule has 0 saturated carbocycles. The van der Waals surface area contributed by atoms with Gasteiger partial charge in [-0.25, -0.2) is 9.67 Å². The number of hydrogen-bond donors (Lipinski definition) is 1. The number of hydrogen-bond acceptors (Lipinski definition) is 6. The minimum Gasteiger partial charge on any atom is -0.314 e. The number of rotatable bonds is 5. The third-order valence-corrected chi connectivity index (χ3v) is 4.42. The molecule has 3 heterocycles. The van der Waals surface area contributed by atoms with Crippen molar-refractivity contribution >= 4 is 0 Å². The van der Waals surface area contributed by atoms with Gasteiger partial charge in [0.2, 0.25) is 0 Å². The molecule has 0 unspecified atom stereocenters. The van der Waals surface area contributed by atoms with Crippen LogP contribution in [0.2, 0.25) is 0 Å². The molecule has 0 spiro atoms. The Balaban J connectivity index is 1.50. The van der Waals surface area contributed by atoms with Gasteiger partial charge in [-0.05, 0) is 24.6 Å². The summed E-state index contributed by atoms with van der Waals surface area (Å²) in [5.41, 5.74) is 2.89. The molecule has 4 rings (SSSR count). The van der Waals surface area contributed by atoms with E-state index in [4.69, 9.17) is 0 Å². The Morgan fingerprint density at radius 1 is 1.16 bits per heavy atom. The van der Waals surface area contributed by atoms with Crippen molar-refractivity contribution in [1.82, 2.24) is 40.0 Å². The van der Waals surface area contributed by atoms with E-state index in [2.05, 4.69) is 49.7 Å². The maximum atomic E-state index is 4.37. The van der Waals surface area contributed by atoms with Crippen molar-refractivity contribution in [2.75, 3.05) is 32.7 Å². The molecular weight excluding hydrogens is 316 g/mol. The van der Waals surface area contributed by atoms with Crippen LogP contribution in [-0.4, -0.2) is 67.4 Å². The van der Waals surface area contributed by atoms with Crippen LogP contribution in [0.5, 0.6) is 0 Å². The van der Waals surface area contributed by atoms with Gasteiger partial charge in [-0.15, -0.1) is 5.10 Å². The van der Waals surface area contributed by atoms with E-state index in [1.807, 2.05) is 23.0 Å². The minimum atomic E-state index is 0.707. The molecule has 8 heteroatoms. The van der Waals surface area contributed by atoms with Crippen molar-refractivity contribution in [2.24, 2.45) is 0 Å². The fraction of sp³-hybridized carbons (Fsp3) is 0.412. The normalized spacial score (nSPS) is 15.6. The molecular formula is C17H22N8. The summed E-state index contributed by atoms with van der Waals surface area (Å²) in [6.45, 7) is 8.16. The predicted octanol–water partition coefficient (Wildman–Crippen LogP) is 0.739. The highest BCUT2D eigenvalue weighted by Gasteiger charge is 2.14. The quantitative estimate of drug-likeness (QED) is 0.739. The molecule has 1 aliphatic rings. The van der Waals surface area contributed by atoms with Gasteiger partial charge in [0.25, 0.3) is 0 Å². The number of nitrogens with one attached hydrogen (secondary N) is 1. The van der Waals surface area contributed by atoms with E-state index < -0.39 is 0 Å². The summed E-state index contributed by atoms with van der Waals surface area (Å²) in [6.07, 6.45) is 3.50. The summed E-state index contributed by atoms with van der Waals surface area (Å²) in [4.78, 5) is 6.81. The molecule has 130 valence electrons. The zero-order valence-electron chi connectivity index (χ0n) is 14.3. The van der Waals surface area contributed by atoms with Gasteiger partial charge in [-0.2, -0.15) is 5.10 Å². The monoisotopic (exact) mass is 338 g/mol. The molecule has 1 aliphatic heterocycles. The van der Waals surface area contributed by atoms with Gasteiger partial charge < -0.3 is 5.32 Å². The molecule has 1 fully saturated rings. The van der Waals surface area contributed by atoms with Crippen LogP contribution in [-0.2, 0) is 6.54 Å². The van der Waals surface area contributed by atoms with E-state index in [1.54, 1.807) is 11.0 Å². The number of aryl methyl sites for hydroxylation is 1. The molecule has 0 amide bonds. The van der Waals surface area contributed by atoms with Crippen molar-refractivity contribution in [3.63, 3.8) is 0 Å². The topological polar surface area (TPSA) is 76.7 Å². The maximum absolute atomic E-state index is 4.37. The molecule has 0 radical (unpaired) electrons. The fourth-order valence-corrected chi connectivity index (χ4v) is 3.05. The van der Waals surface area contributed by atoms with Gasteiger partial charge in [-0.3, -0.25) is 9.58 Å². The highest BCUT2D eigenvalue weighted by atomic mass is 15.4. The van der Waals surface area contributed by atoms with Gasteiger partial charge in [0, 0.05) is 32.7 Å². The van der Waals surface area contributed by atoms with Crippen LogP contribution in [0.1, 0.15) is 5.56 Å². The summed E-state index contributed by atoms with van der Waals surface area (Å²) in [5, 5.41) is 16.3. The molecule has 25 heavy (non-hydrogen) atoms. The van der Waals surface area contributed by atoms with E-state index in [9.17, 15) is 0 Å². The average Bonchev–Trinajstić information content (AvgIpc) is 3.30. The summed E-state index contributed by atoms with van der Waals surface area (Å²) in [5.74, 6) is 0.707. The lowest BCUT2D eigenvalue weighted by molar-refractivity contribution is 0.228. The second-order valence-corrected chi connectivity index (χ2v) is 6.29. The van der Waals surface area contributed by atoms with Gasteiger partial charge in [0.1, 0.15) is 12.0 Å². The Hall–Kier alpha value is -2.58. The van der Waals surface area contributed by atoms with Crippen LogP contribution in [0, 0.1) is 6.92 Å². The second-order valence-electron chi connectivity index (χ2n) is 6.29. The van der Waals surface area contributed by atoms with Crippen LogP contribution in [0.3, 0.4) is 0 Å². The average molecular weight is 338 g/mol. The second kappa shape index (κ2) is 7.12. The first-order valence-electron chi connectivity index (χ1n) is 8.60. The van der Waals surface area contributed by atoms with Gasteiger partial charge in [-0.1, -0.05) is 17.3 Å². The Labute approximate surface area is 146 Å². The lowest BCUT2D eigenvalue weighted by Gasteiger charge is -2.26. The van der Waals surface area contributed by atoms with Crippen molar-refractivity contribution in [3.8, 4) is 17.2 Å². The highest BCUT2D eigenvalue weighted by Crippen LogP contribution is 2.18. The maximum Gasteiger partial charge on any atom is 0.185 e. The molecule has 1 N–H and O–H groups in total. The first kappa shape index (κ1) is 15.9. The van der Waals surface area contributed by atoms with Crippen LogP contribution >= 0.6 is 0 Å². The Kier molecular flexibility index (Phi) is 4.53. The minimum absolute atomic E-state index is 0.707. The third kappa shape index (κ3) is 3.59. The number of nitrogens with zero attached hydrogens (tertiary/aromatic N) is 7. The third-order valence-electron chi connectivity index (χ3n) is 4.42. The standard InChI is InChI=1S/C17H22N8/c1-14-3-2-4-15(11-14)25-17(19-13-20-25)16-12-24(22-21-16)10-9-23-7-5-18-6-8-23/h2-4,11-13,18H,5-10H2,1H3. The van der Waals surface area contributed by atoms with Crippen molar-refractivity contribution in [1.29, 1.82) is 0 Å². The summed E-state index contributed by atoms with van der Waals surface area (Å²) in [7, 11) is 0. The molecule has 0 bridgehead atoms. The van der Waals surface area contributed by atoms with Gasteiger partial charge >= 0.3 is 0 Å². The summed E-state index contributed by atoms with van der Waals surface area (Å²) in [6, 6.07) is 8.17. The smallest absolute Gasteiger partial charge is 0.185 e. The SMILES string of the molecule is Cc1cccc(-n2ncnc2-c2cn(CCN3CCNCC3)nn2)c1. The van der Waals surface area contributed by atoms with Crippen LogP contribution in [0.25, 0.3) is 17.2 Å². The predicted molar refractivity (Wildman–Crippen MR) is 94.4 cm³/mol. The van der Waals surface area contributed by atoms with E-state index in [1.165, 1.54) is 5.56 Å². The first-order valence-corrected chi connectivity index (χ1v) is 8.60. The first-order chi connectivity index (χ1) is 12.3. The van der Waals surface area contributed by atoms with Crippen molar-refractivity contribution < 1.29 is 0 Å². The Morgan fingerprint density at radius 2 is 2.04 bits per heavy atom. The zero-order valence-corrected chi connectivity index (χ0v) is 14.3. The lowest BCUT2D eigenvalue weighted by atomic mass is 10.2. The molecule has 3 aromatic rings. The number of piperazine rings is 1. The molecule has 8 nitrogen and oxygen atoms in total. The van der Waals surface area contributed by atoms with Gasteiger partial charge in [0.15, 0.2) is 5.82 Å². The number of benzene rings is 1. The molecule has 2 aromatic heterocycles. The zero-order chi connectivity index (χ0) is 17.1. The molecule has 1 aromatic carbocycles. The van der Waals surface area contributed by atoms with E-state index in [0.717, 1.165) is 50.6 Å². The van der Waals surface area contributed by atoms with Crippen LogP contribution in [0.4, 0.5) is 0 Å². The summed E-state index contributed by atoms with van der Waals surface area (Å²) >= 11 is 0. The Morgan fingerprint density at radius 3 is 2.88 bits per heavy atom. The van der Waals surface area contributed by atoms with E-state index >= 15 is 0 Å². The van der Waals surface area contributed by atoms with E-state index in [-0.39, 0.29) is 0 Å². The van der Waals surface area contributed by atoms with Crippen molar-refractivity contribution in [3.05, 3.63) is 42.4 Å². The van der Waals surface area contributed by atoms with Crippen molar-refractivity contribution in [2.45, 2.75) is 13.5 Å². The molecule has 0 atom stereocenters. The molecule has 1 saturated heterocycles. The van der Waals surface area contributed by atoms with Gasteiger partial charge in [0.05, 0.1) is 18.4 Å². The lowest BCUT2D eigenvalue weighted by Crippen LogP contribution is -2.44. The Bertz CT molecular complexity index is 831.